The number of rotatable bonds is 2. The Hall–Kier alpha value is -0.900. The molecule has 0 spiro atoms. The Morgan fingerprint density at radius 2 is 2.00 bits per heavy atom. The van der Waals surface area contributed by atoms with Crippen molar-refractivity contribution in [2.75, 3.05) is 34.0 Å². The summed E-state index contributed by atoms with van der Waals surface area (Å²) >= 11 is 0. The summed E-state index contributed by atoms with van der Waals surface area (Å²) in [6.07, 6.45) is 0. The van der Waals surface area contributed by atoms with Crippen molar-refractivity contribution in [3.05, 3.63) is 11.7 Å². The van der Waals surface area contributed by atoms with Gasteiger partial charge in [0.15, 0.2) is 0 Å². The van der Waals surface area contributed by atoms with E-state index in [4.69, 9.17) is 18.9 Å². The Balaban J connectivity index is 2.57. The number of methoxy groups -OCH3 is 2. The van der Waals surface area contributed by atoms with Crippen LogP contribution in [0.2, 0.25) is 0 Å². The Kier molecular flexibility index (Phi) is 3.04. The summed E-state index contributed by atoms with van der Waals surface area (Å²) in [5.41, 5.74) is 0. The third kappa shape index (κ3) is 2.01. The van der Waals surface area contributed by atoms with Crippen LogP contribution < -0.4 is 0 Å². The number of hydrogen-bond acceptors (Lipinski definition) is 4. The first kappa shape index (κ1) is 8.20. The highest BCUT2D eigenvalue weighted by Gasteiger charge is 2.13. The molecule has 0 radical (unpaired) electrons. The third-order valence-electron chi connectivity index (χ3n) is 1.34. The van der Waals surface area contributed by atoms with Crippen LogP contribution in [-0.4, -0.2) is 34.0 Å². The fourth-order valence-electron chi connectivity index (χ4n) is 0.859. The summed E-state index contributed by atoms with van der Waals surface area (Å²) in [4.78, 5) is 0. The molecule has 1 rings (SSSR count). The second kappa shape index (κ2) is 4.08. The molecule has 4 nitrogen and oxygen atoms in total. The molecule has 0 bridgehead atoms. The zero-order valence-electron chi connectivity index (χ0n) is 6.75. The second-order valence-corrected chi connectivity index (χ2v) is 2.02. The third-order valence-corrected chi connectivity index (χ3v) is 1.34. The molecule has 11 heavy (non-hydrogen) atoms. The molecule has 1 fully saturated rings. The first-order chi connectivity index (χ1) is 5.38. The maximum absolute atomic E-state index is 5.23. The monoisotopic (exact) mass is 160 g/mol. The van der Waals surface area contributed by atoms with Gasteiger partial charge in [-0.25, -0.2) is 0 Å². The zero-order valence-corrected chi connectivity index (χ0v) is 6.75. The predicted molar refractivity (Wildman–Crippen MR) is 37.8 cm³/mol. The van der Waals surface area contributed by atoms with Gasteiger partial charge in [0.2, 0.25) is 5.76 Å². The molecule has 0 aliphatic carbocycles. The van der Waals surface area contributed by atoms with E-state index in [1.54, 1.807) is 0 Å². The van der Waals surface area contributed by atoms with E-state index in [-0.39, 0.29) is 0 Å². The van der Waals surface area contributed by atoms with Crippen LogP contribution in [0.4, 0.5) is 0 Å². The molecule has 4 heteroatoms. The molecular formula is C7H12O4. The van der Waals surface area contributed by atoms with E-state index in [9.17, 15) is 0 Å². The van der Waals surface area contributed by atoms with Crippen LogP contribution in [0.15, 0.2) is 11.7 Å². The minimum atomic E-state index is 0.393. The van der Waals surface area contributed by atoms with E-state index in [1.807, 2.05) is 0 Å². The largest absolute Gasteiger partial charge is 0.486 e. The topological polar surface area (TPSA) is 36.9 Å². The average Bonchev–Trinajstić information content (AvgIpc) is 2.09. The minimum Gasteiger partial charge on any atom is -0.486 e. The lowest BCUT2D eigenvalue weighted by Crippen LogP contribution is -2.18. The fraction of sp³-hybridized carbons (Fsp3) is 0.714. The van der Waals surface area contributed by atoms with Gasteiger partial charge in [-0.2, -0.15) is 0 Å². The summed E-state index contributed by atoms with van der Waals surface area (Å²) < 4.78 is 20.1. The normalized spacial score (nSPS) is 17.1. The molecule has 0 amide bonds. The molecule has 64 valence electrons. The van der Waals surface area contributed by atoms with Gasteiger partial charge < -0.3 is 18.9 Å². The van der Waals surface area contributed by atoms with Gasteiger partial charge in [0, 0.05) is 0 Å². The molecule has 0 atom stereocenters. The van der Waals surface area contributed by atoms with E-state index in [0.717, 1.165) is 0 Å². The quantitative estimate of drug-likeness (QED) is 0.551. The van der Waals surface area contributed by atoms with E-state index in [1.165, 1.54) is 14.2 Å². The van der Waals surface area contributed by atoms with Crippen LogP contribution in [-0.2, 0) is 18.9 Å². The number of ether oxygens (including phenoxy) is 4. The van der Waals surface area contributed by atoms with Crippen LogP contribution in [0, 0.1) is 0 Å². The fourth-order valence-corrected chi connectivity index (χ4v) is 0.859. The Bertz CT molecular complexity index is 139. The predicted octanol–water partition coefficient (Wildman–Crippen LogP) is 0.495. The molecule has 0 aromatic rings. The van der Waals surface area contributed by atoms with Gasteiger partial charge in [-0.15, -0.1) is 0 Å². The van der Waals surface area contributed by atoms with Gasteiger partial charge in [-0.3, -0.25) is 0 Å². The summed E-state index contributed by atoms with van der Waals surface area (Å²) in [5.74, 6) is 1.02. The summed E-state index contributed by atoms with van der Waals surface area (Å²) in [6, 6.07) is 0. The first-order valence-electron chi connectivity index (χ1n) is 3.40. The van der Waals surface area contributed by atoms with Crippen molar-refractivity contribution in [3.8, 4) is 0 Å². The maximum atomic E-state index is 5.23. The molecule has 0 aromatic carbocycles. The van der Waals surface area contributed by atoms with E-state index in [0.29, 0.717) is 31.5 Å². The smallest absolute Gasteiger partial charge is 0.320 e. The van der Waals surface area contributed by atoms with Crippen molar-refractivity contribution in [1.29, 1.82) is 0 Å². The van der Waals surface area contributed by atoms with Crippen molar-refractivity contribution in [1.82, 2.24) is 0 Å². The molecule has 0 saturated carbocycles. The average molecular weight is 160 g/mol. The molecule has 0 N–H and O–H groups in total. The summed E-state index contributed by atoms with van der Waals surface area (Å²) in [5, 5.41) is 0. The highest BCUT2D eigenvalue weighted by molar-refractivity contribution is 4.96. The van der Waals surface area contributed by atoms with Gasteiger partial charge in [0.05, 0.1) is 20.8 Å². The number of hydrogen-bond donors (Lipinski definition) is 0. The first-order valence-corrected chi connectivity index (χ1v) is 3.40. The van der Waals surface area contributed by atoms with E-state index < -0.39 is 0 Å². The van der Waals surface area contributed by atoms with Crippen LogP contribution in [0.25, 0.3) is 0 Å². The lowest BCUT2D eigenvalue weighted by Gasteiger charge is -2.18. The van der Waals surface area contributed by atoms with Gasteiger partial charge in [0.1, 0.15) is 13.2 Å². The maximum Gasteiger partial charge on any atom is 0.320 e. The highest BCUT2D eigenvalue weighted by Crippen LogP contribution is 2.11. The summed E-state index contributed by atoms with van der Waals surface area (Å²) in [6.45, 7) is 1.62. The molecular weight excluding hydrogens is 148 g/mol. The SMILES string of the molecule is COC(OC)=C1COCCO1. The Labute approximate surface area is 65.7 Å². The van der Waals surface area contributed by atoms with Crippen molar-refractivity contribution in [3.63, 3.8) is 0 Å². The lowest BCUT2D eigenvalue weighted by molar-refractivity contribution is -0.0183. The van der Waals surface area contributed by atoms with Crippen LogP contribution in [0.3, 0.4) is 0 Å². The van der Waals surface area contributed by atoms with Crippen molar-refractivity contribution in [2.24, 2.45) is 0 Å². The molecule has 1 aliphatic heterocycles. The van der Waals surface area contributed by atoms with E-state index in [2.05, 4.69) is 0 Å². The van der Waals surface area contributed by atoms with Crippen molar-refractivity contribution < 1.29 is 18.9 Å². The highest BCUT2D eigenvalue weighted by atomic mass is 16.7. The Morgan fingerprint density at radius 1 is 1.27 bits per heavy atom. The van der Waals surface area contributed by atoms with Gasteiger partial charge >= 0.3 is 5.95 Å². The lowest BCUT2D eigenvalue weighted by atomic mass is 10.5. The molecule has 0 unspecified atom stereocenters. The zero-order chi connectivity index (χ0) is 8.10. The summed E-state index contributed by atoms with van der Waals surface area (Å²) in [7, 11) is 3.06. The molecule has 1 saturated heterocycles. The van der Waals surface area contributed by atoms with Crippen LogP contribution in [0.1, 0.15) is 0 Å². The van der Waals surface area contributed by atoms with Gasteiger partial charge in [0.25, 0.3) is 0 Å². The van der Waals surface area contributed by atoms with Crippen molar-refractivity contribution >= 4 is 0 Å². The minimum absolute atomic E-state index is 0.393. The standard InChI is InChI=1S/C7H12O4/c1-8-7(9-2)6-5-10-3-4-11-6/h3-5H2,1-2H3. The molecule has 1 aliphatic rings. The second-order valence-electron chi connectivity index (χ2n) is 2.02. The van der Waals surface area contributed by atoms with Crippen LogP contribution in [0.5, 0.6) is 0 Å². The molecule has 0 aromatic heterocycles. The van der Waals surface area contributed by atoms with Gasteiger partial charge in [-0.1, -0.05) is 0 Å². The van der Waals surface area contributed by atoms with Gasteiger partial charge in [-0.05, 0) is 0 Å². The van der Waals surface area contributed by atoms with Crippen LogP contribution >= 0.6 is 0 Å². The van der Waals surface area contributed by atoms with Crippen molar-refractivity contribution in [2.45, 2.75) is 0 Å². The Morgan fingerprint density at radius 3 is 2.45 bits per heavy atom. The molecule has 1 heterocycles. The van der Waals surface area contributed by atoms with E-state index >= 15 is 0 Å².